The van der Waals surface area contributed by atoms with Crippen LogP contribution in [0.3, 0.4) is 0 Å². The highest BCUT2D eigenvalue weighted by Crippen LogP contribution is 2.18. The second-order valence-corrected chi connectivity index (χ2v) is 6.33. The minimum atomic E-state index is -2.98. The molecule has 0 amide bonds. The van der Waals surface area contributed by atoms with Crippen LogP contribution in [0.1, 0.15) is 6.42 Å². The standard InChI is InChI=1S/C9H19N3O2S/c1-15(13,14)12-5-2-9(8-12)11-6-3-10-4-7-11/h9-10H,2-8H2,1H3. The van der Waals surface area contributed by atoms with Crippen LogP contribution in [0.5, 0.6) is 0 Å². The van der Waals surface area contributed by atoms with Crippen LogP contribution in [0.25, 0.3) is 0 Å². The largest absolute Gasteiger partial charge is 0.314 e. The molecular formula is C9H19N3O2S. The van der Waals surface area contributed by atoms with Crippen molar-refractivity contribution in [3.63, 3.8) is 0 Å². The van der Waals surface area contributed by atoms with Crippen molar-refractivity contribution in [1.82, 2.24) is 14.5 Å². The highest BCUT2D eigenvalue weighted by Gasteiger charge is 2.32. The Labute approximate surface area is 91.5 Å². The first-order chi connectivity index (χ1) is 7.07. The summed E-state index contributed by atoms with van der Waals surface area (Å²) >= 11 is 0. The van der Waals surface area contributed by atoms with Gasteiger partial charge in [-0.15, -0.1) is 0 Å². The summed E-state index contributed by atoms with van der Waals surface area (Å²) < 4.78 is 24.3. The van der Waals surface area contributed by atoms with Crippen molar-refractivity contribution in [2.45, 2.75) is 12.5 Å². The molecule has 1 atom stereocenters. The zero-order valence-corrected chi connectivity index (χ0v) is 9.96. The Morgan fingerprint density at radius 1 is 1.20 bits per heavy atom. The van der Waals surface area contributed by atoms with E-state index in [1.54, 1.807) is 4.31 Å². The van der Waals surface area contributed by atoms with E-state index >= 15 is 0 Å². The third kappa shape index (κ3) is 2.69. The van der Waals surface area contributed by atoms with E-state index in [1.807, 2.05) is 0 Å². The molecule has 2 aliphatic heterocycles. The molecule has 0 aromatic heterocycles. The lowest BCUT2D eigenvalue weighted by atomic mass is 10.2. The molecule has 2 aliphatic rings. The monoisotopic (exact) mass is 233 g/mol. The van der Waals surface area contributed by atoms with Crippen LogP contribution in [-0.4, -0.2) is 69.2 Å². The van der Waals surface area contributed by atoms with Gasteiger partial charge in [-0.05, 0) is 6.42 Å². The number of rotatable bonds is 2. The minimum Gasteiger partial charge on any atom is -0.314 e. The van der Waals surface area contributed by atoms with Crippen LogP contribution in [-0.2, 0) is 10.0 Å². The average Bonchev–Trinajstić information content (AvgIpc) is 2.67. The fourth-order valence-corrected chi connectivity index (χ4v) is 3.24. The highest BCUT2D eigenvalue weighted by molar-refractivity contribution is 7.88. The molecule has 2 rings (SSSR count). The Kier molecular flexibility index (Phi) is 3.30. The molecule has 2 fully saturated rings. The molecule has 0 bridgehead atoms. The summed E-state index contributed by atoms with van der Waals surface area (Å²) in [5.41, 5.74) is 0. The molecule has 5 nitrogen and oxygen atoms in total. The average molecular weight is 233 g/mol. The van der Waals surface area contributed by atoms with Crippen molar-refractivity contribution in [3.05, 3.63) is 0 Å². The molecule has 15 heavy (non-hydrogen) atoms. The third-order valence-electron chi connectivity index (χ3n) is 3.26. The van der Waals surface area contributed by atoms with Crippen LogP contribution in [0.2, 0.25) is 0 Å². The summed E-state index contributed by atoms with van der Waals surface area (Å²) in [7, 11) is -2.98. The van der Waals surface area contributed by atoms with Crippen LogP contribution >= 0.6 is 0 Å². The van der Waals surface area contributed by atoms with Gasteiger partial charge >= 0.3 is 0 Å². The van der Waals surface area contributed by atoms with Gasteiger partial charge in [-0.3, -0.25) is 4.90 Å². The van der Waals surface area contributed by atoms with Crippen LogP contribution < -0.4 is 5.32 Å². The summed E-state index contributed by atoms with van der Waals surface area (Å²) in [6, 6.07) is 0.432. The van der Waals surface area contributed by atoms with Crippen molar-refractivity contribution in [3.8, 4) is 0 Å². The predicted molar refractivity (Wildman–Crippen MR) is 59.3 cm³/mol. The molecule has 0 aromatic rings. The maximum atomic E-state index is 11.4. The Morgan fingerprint density at radius 2 is 1.87 bits per heavy atom. The lowest BCUT2D eigenvalue weighted by Gasteiger charge is -2.32. The quantitative estimate of drug-likeness (QED) is 0.659. The summed E-state index contributed by atoms with van der Waals surface area (Å²) in [4.78, 5) is 2.40. The molecule has 2 heterocycles. The molecule has 0 radical (unpaired) electrons. The van der Waals surface area contributed by atoms with Crippen LogP contribution in [0.15, 0.2) is 0 Å². The van der Waals surface area contributed by atoms with Crippen molar-refractivity contribution >= 4 is 10.0 Å². The zero-order chi connectivity index (χ0) is 10.9. The maximum absolute atomic E-state index is 11.4. The van der Waals surface area contributed by atoms with Gasteiger partial charge in [-0.25, -0.2) is 12.7 Å². The summed E-state index contributed by atoms with van der Waals surface area (Å²) in [6.07, 6.45) is 2.28. The van der Waals surface area contributed by atoms with Gasteiger partial charge in [-0.1, -0.05) is 0 Å². The first-order valence-corrected chi connectivity index (χ1v) is 7.32. The Bertz CT molecular complexity index is 311. The normalized spacial score (nSPS) is 30.9. The first-order valence-electron chi connectivity index (χ1n) is 5.47. The van der Waals surface area contributed by atoms with Crippen LogP contribution in [0, 0.1) is 0 Å². The molecule has 2 saturated heterocycles. The van der Waals surface area contributed by atoms with E-state index in [1.165, 1.54) is 6.26 Å². The zero-order valence-electron chi connectivity index (χ0n) is 9.15. The van der Waals surface area contributed by atoms with Gasteiger partial charge in [-0.2, -0.15) is 0 Å². The maximum Gasteiger partial charge on any atom is 0.211 e. The van der Waals surface area contributed by atoms with Gasteiger partial charge in [0.2, 0.25) is 10.0 Å². The van der Waals surface area contributed by atoms with Crippen LogP contribution in [0.4, 0.5) is 0 Å². The molecule has 0 saturated carbocycles. The fourth-order valence-electron chi connectivity index (χ4n) is 2.36. The van der Waals surface area contributed by atoms with E-state index in [9.17, 15) is 8.42 Å². The second-order valence-electron chi connectivity index (χ2n) is 4.35. The molecule has 1 unspecified atom stereocenters. The van der Waals surface area contributed by atoms with E-state index in [4.69, 9.17) is 0 Å². The van der Waals surface area contributed by atoms with Gasteiger partial charge in [0.25, 0.3) is 0 Å². The smallest absolute Gasteiger partial charge is 0.211 e. The van der Waals surface area contributed by atoms with Crippen molar-refractivity contribution in [2.75, 3.05) is 45.5 Å². The van der Waals surface area contributed by atoms with Crippen molar-refractivity contribution in [1.29, 1.82) is 0 Å². The fraction of sp³-hybridized carbons (Fsp3) is 1.00. The molecule has 88 valence electrons. The summed E-state index contributed by atoms with van der Waals surface area (Å²) in [6.45, 7) is 5.50. The Morgan fingerprint density at radius 3 is 2.40 bits per heavy atom. The summed E-state index contributed by atoms with van der Waals surface area (Å²) in [5, 5.41) is 3.31. The number of hydrogen-bond acceptors (Lipinski definition) is 4. The van der Waals surface area contributed by atoms with E-state index in [0.29, 0.717) is 19.1 Å². The third-order valence-corrected chi connectivity index (χ3v) is 4.53. The number of nitrogens with zero attached hydrogens (tertiary/aromatic N) is 2. The molecule has 6 heteroatoms. The SMILES string of the molecule is CS(=O)(=O)N1CCC(N2CCNCC2)C1. The highest BCUT2D eigenvalue weighted by atomic mass is 32.2. The van der Waals surface area contributed by atoms with E-state index < -0.39 is 10.0 Å². The molecule has 1 N–H and O–H groups in total. The minimum absolute atomic E-state index is 0.432. The van der Waals surface area contributed by atoms with Gasteiger partial charge in [0.15, 0.2) is 0 Å². The van der Waals surface area contributed by atoms with Gasteiger partial charge < -0.3 is 5.32 Å². The number of sulfonamides is 1. The van der Waals surface area contributed by atoms with E-state index in [2.05, 4.69) is 10.2 Å². The Balaban J connectivity index is 1.92. The molecule has 0 aromatic carbocycles. The number of piperazine rings is 1. The molecular weight excluding hydrogens is 214 g/mol. The lowest BCUT2D eigenvalue weighted by molar-refractivity contribution is 0.180. The van der Waals surface area contributed by atoms with Gasteiger partial charge in [0.1, 0.15) is 0 Å². The lowest BCUT2D eigenvalue weighted by Crippen LogP contribution is -2.49. The number of nitrogens with one attached hydrogen (secondary N) is 1. The molecule has 0 aliphatic carbocycles. The Hall–Kier alpha value is -0.170. The van der Waals surface area contributed by atoms with Crippen molar-refractivity contribution in [2.24, 2.45) is 0 Å². The van der Waals surface area contributed by atoms with Crippen molar-refractivity contribution < 1.29 is 8.42 Å². The van der Waals surface area contributed by atoms with E-state index in [0.717, 1.165) is 32.6 Å². The summed E-state index contributed by atoms with van der Waals surface area (Å²) in [5.74, 6) is 0. The topological polar surface area (TPSA) is 52.7 Å². The van der Waals surface area contributed by atoms with Gasteiger partial charge in [0.05, 0.1) is 6.26 Å². The number of hydrogen-bond donors (Lipinski definition) is 1. The predicted octanol–water partition coefficient (Wildman–Crippen LogP) is -1.07. The van der Waals surface area contributed by atoms with Gasteiger partial charge in [0, 0.05) is 45.3 Å². The molecule has 0 spiro atoms. The van der Waals surface area contributed by atoms with E-state index in [-0.39, 0.29) is 0 Å². The second kappa shape index (κ2) is 4.37. The first kappa shape index (κ1) is 11.3.